The van der Waals surface area contributed by atoms with Crippen molar-refractivity contribution in [2.75, 3.05) is 18.4 Å². The van der Waals surface area contributed by atoms with Crippen LogP contribution >= 0.6 is 0 Å². The van der Waals surface area contributed by atoms with E-state index in [1.165, 1.54) is 12.1 Å². The van der Waals surface area contributed by atoms with Crippen molar-refractivity contribution in [1.29, 1.82) is 0 Å². The molecule has 0 radical (unpaired) electrons. The van der Waals surface area contributed by atoms with Crippen molar-refractivity contribution in [3.8, 4) is 0 Å². The van der Waals surface area contributed by atoms with Crippen LogP contribution in [-0.2, 0) is 25.6 Å². The van der Waals surface area contributed by atoms with E-state index in [-0.39, 0.29) is 53.5 Å². The minimum Gasteiger partial charge on any atom is -0.344 e. The number of piperazine rings is 1. The summed E-state index contributed by atoms with van der Waals surface area (Å²) in [7, 11) is 0. The number of halogens is 1. The van der Waals surface area contributed by atoms with E-state index in [9.17, 15) is 24.0 Å². The topological polar surface area (TPSA) is 167 Å². The predicted octanol–water partition coefficient (Wildman–Crippen LogP) is 4.19. The van der Waals surface area contributed by atoms with Crippen LogP contribution in [-0.4, -0.2) is 86.9 Å². The number of aryl methyl sites for hydroxylation is 1. The summed E-state index contributed by atoms with van der Waals surface area (Å²) in [5.74, 6) is -2.76. The van der Waals surface area contributed by atoms with Gasteiger partial charge in [-0.2, -0.15) is 0 Å². The number of aromatic nitrogens is 2. The first-order valence-corrected chi connectivity index (χ1v) is 17.9. The van der Waals surface area contributed by atoms with Crippen LogP contribution in [0.25, 0.3) is 0 Å². The first-order valence-electron chi connectivity index (χ1n) is 17.9. The van der Waals surface area contributed by atoms with Gasteiger partial charge in [-0.15, -0.1) is 0 Å². The van der Waals surface area contributed by atoms with Gasteiger partial charge in [0.1, 0.15) is 23.6 Å². The lowest BCUT2D eigenvalue weighted by Gasteiger charge is -2.45. The predicted molar refractivity (Wildman–Crippen MR) is 184 cm³/mol. The molecule has 0 bridgehead atoms. The maximum absolute atomic E-state index is 15.8. The van der Waals surface area contributed by atoms with E-state index in [1.807, 2.05) is 20.8 Å². The van der Waals surface area contributed by atoms with Gasteiger partial charge >= 0.3 is 0 Å². The number of hydrogen-bond acceptors (Lipinski definition) is 8. The molecule has 1 saturated carbocycles. The van der Waals surface area contributed by atoms with E-state index >= 15 is 4.39 Å². The quantitative estimate of drug-likeness (QED) is 0.297. The van der Waals surface area contributed by atoms with Gasteiger partial charge in [0.25, 0.3) is 5.91 Å². The summed E-state index contributed by atoms with van der Waals surface area (Å²) in [6, 6.07) is 1.96. The number of carbonyl (C=O) groups excluding carboxylic acids is 5. The molecular weight excluding hydrogens is 645 g/mol. The van der Waals surface area contributed by atoms with Crippen molar-refractivity contribution in [1.82, 2.24) is 30.7 Å². The van der Waals surface area contributed by atoms with Crippen molar-refractivity contribution in [2.24, 2.45) is 11.8 Å². The van der Waals surface area contributed by atoms with E-state index in [2.05, 4.69) is 33.2 Å². The summed E-state index contributed by atoms with van der Waals surface area (Å²) in [5, 5.41) is 15.8. The Balaban J connectivity index is 1.53. The highest BCUT2D eigenvalue weighted by atomic mass is 19.1. The fourth-order valence-electron chi connectivity index (χ4n) is 7.21. The molecule has 5 atom stereocenters. The largest absolute Gasteiger partial charge is 0.344 e. The van der Waals surface area contributed by atoms with Crippen LogP contribution in [0.5, 0.6) is 0 Å². The Kier molecular flexibility index (Phi) is 13.1. The Labute approximate surface area is 293 Å². The average Bonchev–Trinajstić information content (AvgIpc) is 3.59. The second-order valence-electron chi connectivity index (χ2n) is 13.9. The van der Waals surface area contributed by atoms with Gasteiger partial charge in [-0.05, 0) is 67.8 Å². The van der Waals surface area contributed by atoms with Crippen molar-refractivity contribution >= 4 is 35.2 Å². The Hall–Kier alpha value is -4.36. The molecule has 2 aliphatic rings. The van der Waals surface area contributed by atoms with Gasteiger partial charge in [-0.1, -0.05) is 58.7 Å². The highest BCUT2D eigenvalue weighted by molar-refractivity contribution is 6.01. The minimum absolute atomic E-state index is 0.0125. The molecule has 5 amide bonds. The van der Waals surface area contributed by atoms with Gasteiger partial charge in [-0.3, -0.25) is 24.0 Å². The average molecular weight is 698 g/mol. The Morgan fingerprint density at radius 1 is 0.940 bits per heavy atom. The lowest BCUT2D eigenvalue weighted by molar-refractivity contribution is -0.147. The van der Waals surface area contributed by atoms with Crippen LogP contribution in [0.1, 0.15) is 115 Å². The van der Waals surface area contributed by atoms with E-state index in [1.54, 1.807) is 36.6 Å². The van der Waals surface area contributed by atoms with Gasteiger partial charge in [0.15, 0.2) is 5.69 Å². The second kappa shape index (κ2) is 17.0. The second-order valence-corrected chi connectivity index (χ2v) is 13.9. The van der Waals surface area contributed by atoms with Crippen LogP contribution in [0, 0.1) is 17.7 Å². The molecule has 2 heterocycles. The smallest absolute Gasteiger partial charge is 0.276 e. The standard InChI is InChI=1S/C36H52FN7O6/c1-8-27-33(42-50-41-27)35(48)40-32(24-13-11-20(4)12-14-24)34(47)38-28-16-15-25(17-26(28)37)23(7)31(39-29(45)9-2)36(49)43-18-21(5)44(22(6)19-43)30(46)10-3/h15-17,20-24,31-32H,8-14,18-19H2,1-7H3,(H,38,47)(H,39,45)(H,40,48)/t20-,21-,22-,23-,24-,31+,32-/m0/s1. The number of hydrogen-bond donors (Lipinski definition) is 3. The molecule has 13 nitrogen and oxygen atoms in total. The molecule has 1 aliphatic heterocycles. The summed E-state index contributed by atoms with van der Waals surface area (Å²) in [6.45, 7) is 13.6. The maximum atomic E-state index is 15.8. The normalized spacial score (nSPS) is 22.6. The van der Waals surface area contributed by atoms with Crippen molar-refractivity contribution in [2.45, 2.75) is 123 Å². The van der Waals surface area contributed by atoms with E-state index in [4.69, 9.17) is 4.63 Å². The van der Waals surface area contributed by atoms with Gasteiger partial charge in [0.2, 0.25) is 23.6 Å². The zero-order valence-corrected chi connectivity index (χ0v) is 30.3. The van der Waals surface area contributed by atoms with E-state index in [0.717, 1.165) is 25.7 Å². The minimum atomic E-state index is -0.984. The third-order valence-corrected chi connectivity index (χ3v) is 10.2. The molecule has 0 unspecified atom stereocenters. The number of nitrogens with zero attached hydrogens (tertiary/aromatic N) is 4. The van der Waals surface area contributed by atoms with Crippen LogP contribution in [0.3, 0.4) is 0 Å². The molecular formula is C36H52FN7O6. The highest BCUT2D eigenvalue weighted by Gasteiger charge is 2.39. The van der Waals surface area contributed by atoms with Crippen molar-refractivity contribution < 1.29 is 33.0 Å². The number of anilines is 1. The number of rotatable bonds is 12. The van der Waals surface area contributed by atoms with Crippen molar-refractivity contribution in [3.05, 3.63) is 41.0 Å². The number of benzene rings is 1. The fraction of sp³-hybridized carbons (Fsp3) is 0.639. The number of amides is 5. The molecule has 1 aliphatic carbocycles. The van der Waals surface area contributed by atoms with Gasteiger partial charge < -0.3 is 25.8 Å². The monoisotopic (exact) mass is 697 g/mol. The number of nitrogens with one attached hydrogen (secondary N) is 3. The molecule has 1 aromatic carbocycles. The molecule has 3 N–H and O–H groups in total. The lowest BCUT2D eigenvalue weighted by atomic mass is 9.79. The molecule has 14 heteroatoms. The maximum Gasteiger partial charge on any atom is 0.276 e. The molecule has 2 aromatic rings. The highest BCUT2D eigenvalue weighted by Crippen LogP contribution is 2.32. The van der Waals surface area contributed by atoms with E-state index in [0.29, 0.717) is 43.1 Å². The third kappa shape index (κ3) is 8.86. The summed E-state index contributed by atoms with van der Waals surface area (Å²) < 4.78 is 20.5. The zero-order chi connectivity index (χ0) is 36.7. The molecule has 0 spiro atoms. The van der Waals surface area contributed by atoms with E-state index < -0.39 is 35.6 Å². The summed E-state index contributed by atoms with van der Waals surface area (Å²) in [4.78, 5) is 69.4. The summed E-state index contributed by atoms with van der Waals surface area (Å²) in [5.41, 5.74) is 0.762. The molecule has 50 heavy (non-hydrogen) atoms. The van der Waals surface area contributed by atoms with Crippen molar-refractivity contribution in [3.63, 3.8) is 0 Å². The molecule has 1 aromatic heterocycles. The summed E-state index contributed by atoms with van der Waals surface area (Å²) >= 11 is 0. The lowest BCUT2D eigenvalue weighted by Crippen LogP contribution is -2.62. The van der Waals surface area contributed by atoms with Gasteiger partial charge in [0, 0.05) is 43.9 Å². The third-order valence-electron chi connectivity index (χ3n) is 10.2. The van der Waals surface area contributed by atoms with Crippen LogP contribution in [0.2, 0.25) is 0 Å². The molecule has 2 fully saturated rings. The summed E-state index contributed by atoms with van der Waals surface area (Å²) in [6.07, 6.45) is 4.18. The van der Waals surface area contributed by atoms with Gasteiger partial charge in [-0.25, -0.2) is 9.02 Å². The zero-order valence-electron chi connectivity index (χ0n) is 30.3. The molecule has 4 rings (SSSR count). The Morgan fingerprint density at radius 2 is 1.60 bits per heavy atom. The van der Waals surface area contributed by atoms with Gasteiger partial charge in [0.05, 0.1) is 5.69 Å². The Bertz CT molecular complexity index is 1530. The first kappa shape index (κ1) is 38.4. The van der Waals surface area contributed by atoms with Crippen LogP contribution < -0.4 is 16.0 Å². The molecule has 274 valence electrons. The number of carbonyl (C=O) groups is 5. The fourth-order valence-corrected chi connectivity index (χ4v) is 7.21. The first-order chi connectivity index (χ1) is 23.8. The van der Waals surface area contributed by atoms with Crippen LogP contribution in [0.15, 0.2) is 22.8 Å². The Morgan fingerprint density at radius 3 is 2.18 bits per heavy atom. The van der Waals surface area contributed by atoms with Crippen LogP contribution in [0.4, 0.5) is 10.1 Å². The molecule has 1 saturated heterocycles. The SMILES string of the molecule is CCC(=O)N[C@@H](C(=O)N1C[C@H](C)N(C(=O)CC)[C@@H](C)C1)[C@@H](C)c1ccc(NC(=O)[C@@H](NC(=O)c2nonc2CC)[C@H]2CC[C@H](C)CC2)c(F)c1.